The lowest BCUT2D eigenvalue weighted by Gasteiger charge is -2.39. The summed E-state index contributed by atoms with van der Waals surface area (Å²) in [4.78, 5) is 47.5. The highest BCUT2D eigenvalue weighted by Crippen LogP contribution is 2.59. The standard InChI is InChI=1S/C30H41N3O5/c1-5-9-19-31(17-6-2)29(37)26-30-16-15-23(38-30)24(25(30)28(36)33(26)21(8-4)20-34)27(35)32(18-7-3)22-13-11-10-12-14-22/h6-7,10-14,21,23-26,34H,2-3,5,8-9,15-20H2,1,4H3/t21-,23-,24+,25-,26?,30?/m0/s1. The van der Waals surface area contributed by atoms with Gasteiger partial charge in [0.05, 0.1) is 30.6 Å². The minimum absolute atomic E-state index is 0.194. The average Bonchev–Trinajstić information content (AvgIpc) is 3.58. The van der Waals surface area contributed by atoms with Crippen molar-refractivity contribution in [1.29, 1.82) is 0 Å². The molecular weight excluding hydrogens is 482 g/mol. The number of anilines is 1. The Hall–Kier alpha value is -2.97. The van der Waals surface area contributed by atoms with Crippen LogP contribution < -0.4 is 4.90 Å². The molecule has 38 heavy (non-hydrogen) atoms. The summed E-state index contributed by atoms with van der Waals surface area (Å²) >= 11 is 0. The topological polar surface area (TPSA) is 90.4 Å². The van der Waals surface area contributed by atoms with Gasteiger partial charge in [0.2, 0.25) is 17.7 Å². The van der Waals surface area contributed by atoms with E-state index >= 15 is 0 Å². The van der Waals surface area contributed by atoms with Crippen LogP contribution in [0.25, 0.3) is 0 Å². The second-order valence-electron chi connectivity index (χ2n) is 10.5. The van der Waals surface area contributed by atoms with Crippen molar-refractivity contribution in [2.24, 2.45) is 11.8 Å². The number of unbranched alkanes of at least 4 members (excludes halogenated alkanes) is 1. The minimum Gasteiger partial charge on any atom is -0.394 e. The van der Waals surface area contributed by atoms with Crippen LogP contribution in [0.15, 0.2) is 55.6 Å². The number of likely N-dealkylation sites (tertiary alicyclic amines) is 1. The fourth-order valence-electron chi connectivity index (χ4n) is 6.67. The Morgan fingerprint density at radius 2 is 1.89 bits per heavy atom. The van der Waals surface area contributed by atoms with Crippen LogP contribution in [0.3, 0.4) is 0 Å². The molecule has 3 aliphatic rings. The van der Waals surface area contributed by atoms with Crippen LogP contribution in [0, 0.1) is 11.8 Å². The van der Waals surface area contributed by atoms with Gasteiger partial charge in [-0.25, -0.2) is 0 Å². The summed E-state index contributed by atoms with van der Waals surface area (Å²) in [5.74, 6) is -2.15. The third-order valence-electron chi connectivity index (χ3n) is 8.42. The lowest BCUT2D eigenvalue weighted by atomic mass is 9.70. The maximum absolute atomic E-state index is 14.2. The third kappa shape index (κ3) is 4.58. The number of rotatable bonds is 13. The molecule has 2 unspecified atom stereocenters. The van der Waals surface area contributed by atoms with Crippen molar-refractivity contribution in [3.8, 4) is 0 Å². The molecular formula is C30H41N3O5. The maximum Gasteiger partial charge on any atom is 0.248 e. The summed E-state index contributed by atoms with van der Waals surface area (Å²) in [6.45, 7) is 12.6. The Morgan fingerprint density at radius 1 is 1.18 bits per heavy atom. The van der Waals surface area contributed by atoms with E-state index in [0.717, 1.165) is 18.5 Å². The van der Waals surface area contributed by atoms with Crippen molar-refractivity contribution in [2.45, 2.75) is 69.7 Å². The highest BCUT2D eigenvalue weighted by atomic mass is 16.5. The first kappa shape index (κ1) is 28.0. The number of aliphatic hydroxyl groups is 1. The Morgan fingerprint density at radius 3 is 2.50 bits per heavy atom. The van der Waals surface area contributed by atoms with E-state index in [-0.39, 0.29) is 24.3 Å². The fourth-order valence-corrected chi connectivity index (χ4v) is 6.67. The number of carbonyl (C=O) groups is 3. The van der Waals surface area contributed by atoms with Gasteiger partial charge in [-0.05, 0) is 37.8 Å². The molecule has 4 rings (SSSR count). The van der Waals surface area contributed by atoms with Gasteiger partial charge >= 0.3 is 0 Å². The second-order valence-corrected chi connectivity index (χ2v) is 10.5. The van der Waals surface area contributed by atoms with Crippen LogP contribution in [0.4, 0.5) is 5.69 Å². The Kier molecular flexibility index (Phi) is 8.73. The number of benzene rings is 1. The molecule has 0 saturated carbocycles. The van der Waals surface area contributed by atoms with E-state index in [1.807, 2.05) is 37.3 Å². The first-order valence-corrected chi connectivity index (χ1v) is 13.9. The van der Waals surface area contributed by atoms with Crippen LogP contribution in [0.2, 0.25) is 0 Å². The molecule has 0 aliphatic carbocycles. The van der Waals surface area contributed by atoms with Crippen LogP contribution in [0.1, 0.15) is 46.0 Å². The van der Waals surface area contributed by atoms with Gasteiger partial charge in [0.1, 0.15) is 11.6 Å². The van der Waals surface area contributed by atoms with Crippen LogP contribution in [0.5, 0.6) is 0 Å². The van der Waals surface area contributed by atoms with Gasteiger partial charge in [0.15, 0.2) is 0 Å². The summed E-state index contributed by atoms with van der Waals surface area (Å²) in [5, 5.41) is 10.2. The zero-order chi connectivity index (χ0) is 27.4. The van der Waals surface area contributed by atoms with Crippen molar-refractivity contribution in [3.05, 3.63) is 55.6 Å². The Bertz CT molecular complexity index is 1040. The van der Waals surface area contributed by atoms with Gasteiger partial charge < -0.3 is 24.5 Å². The SMILES string of the molecule is C=CCN(CCCC)C(=O)C1N([C@@H](CC)CO)C(=O)[C@@H]2[C@H](C(=O)N(CC=C)c3ccccc3)[C@@H]3CCC12O3. The molecule has 2 bridgehead atoms. The number of nitrogens with zero attached hydrogens (tertiary/aromatic N) is 3. The monoisotopic (exact) mass is 523 g/mol. The number of aliphatic hydroxyl groups excluding tert-OH is 1. The molecule has 1 aromatic carbocycles. The molecule has 3 saturated heterocycles. The number of carbonyl (C=O) groups excluding carboxylic acids is 3. The molecule has 8 heteroatoms. The first-order valence-electron chi connectivity index (χ1n) is 13.9. The quantitative estimate of drug-likeness (QED) is 0.401. The molecule has 206 valence electrons. The molecule has 8 nitrogen and oxygen atoms in total. The molecule has 1 N–H and O–H groups in total. The summed E-state index contributed by atoms with van der Waals surface area (Å²) in [6, 6.07) is 7.92. The van der Waals surface area contributed by atoms with Gasteiger partial charge in [-0.3, -0.25) is 14.4 Å². The van der Waals surface area contributed by atoms with Crippen LogP contribution in [-0.2, 0) is 19.1 Å². The molecule has 3 amide bonds. The minimum atomic E-state index is -1.09. The molecule has 3 aliphatic heterocycles. The Labute approximate surface area is 225 Å². The third-order valence-corrected chi connectivity index (χ3v) is 8.42. The van der Waals surface area contributed by atoms with Crippen molar-refractivity contribution in [2.75, 3.05) is 31.1 Å². The van der Waals surface area contributed by atoms with Gasteiger partial charge in [-0.1, -0.05) is 50.6 Å². The summed E-state index contributed by atoms with van der Waals surface area (Å²) in [5.41, 5.74) is -0.369. The van der Waals surface area contributed by atoms with Crippen molar-refractivity contribution >= 4 is 23.4 Å². The second kappa shape index (κ2) is 11.8. The molecule has 1 aromatic rings. The number of para-hydroxylation sites is 1. The zero-order valence-electron chi connectivity index (χ0n) is 22.6. The molecule has 3 heterocycles. The number of amides is 3. The molecule has 3 fully saturated rings. The van der Waals surface area contributed by atoms with E-state index in [0.29, 0.717) is 38.9 Å². The van der Waals surface area contributed by atoms with Crippen LogP contribution in [-0.4, -0.2) is 82.7 Å². The highest BCUT2D eigenvalue weighted by molar-refractivity contribution is 6.03. The van der Waals surface area contributed by atoms with E-state index in [9.17, 15) is 19.5 Å². The van der Waals surface area contributed by atoms with Crippen molar-refractivity contribution in [3.63, 3.8) is 0 Å². The van der Waals surface area contributed by atoms with Gasteiger partial charge in [-0.2, -0.15) is 0 Å². The predicted molar refractivity (Wildman–Crippen MR) is 146 cm³/mol. The Balaban J connectivity index is 1.76. The predicted octanol–water partition coefficient (Wildman–Crippen LogP) is 3.17. The van der Waals surface area contributed by atoms with E-state index < -0.39 is 35.6 Å². The lowest BCUT2D eigenvalue weighted by molar-refractivity contribution is -0.151. The molecule has 6 atom stereocenters. The summed E-state index contributed by atoms with van der Waals surface area (Å²) in [7, 11) is 0. The van der Waals surface area contributed by atoms with Crippen LogP contribution >= 0.6 is 0 Å². The van der Waals surface area contributed by atoms with Gasteiger partial charge in [-0.15, -0.1) is 13.2 Å². The highest BCUT2D eigenvalue weighted by Gasteiger charge is 2.75. The molecule has 0 radical (unpaired) electrons. The lowest BCUT2D eigenvalue weighted by Crippen LogP contribution is -2.58. The maximum atomic E-state index is 14.2. The molecule has 0 aromatic heterocycles. The van der Waals surface area contributed by atoms with E-state index in [1.54, 1.807) is 26.9 Å². The largest absolute Gasteiger partial charge is 0.394 e. The normalized spacial score (nSPS) is 28.2. The summed E-state index contributed by atoms with van der Waals surface area (Å²) in [6.07, 6.45) is 6.28. The van der Waals surface area contributed by atoms with Gasteiger partial charge in [0, 0.05) is 25.3 Å². The number of ether oxygens (including phenoxy) is 1. The van der Waals surface area contributed by atoms with E-state index in [1.165, 1.54) is 0 Å². The fraction of sp³-hybridized carbons (Fsp3) is 0.567. The van der Waals surface area contributed by atoms with E-state index in [4.69, 9.17) is 4.74 Å². The van der Waals surface area contributed by atoms with Crippen molar-refractivity contribution < 1.29 is 24.2 Å². The summed E-state index contributed by atoms with van der Waals surface area (Å²) < 4.78 is 6.60. The van der Waals surface area contributed by atoms with Crippen molar-refractivity contribution in [1.82, 2.24) is 9.80 Å². The zero-order valence-corrected chi connectivity index (χ0v) is 22.6. The first-order chi connectivity index (χ1) is 18.4. The smallest absolute Gasteiger partial charge is 0.248 e. The van der Waals surface area contributed by atoms with E-state index in [2.05, 4.69) is 20.1 Å². The number of hydrogen-bond donors (Lipinski definition) is 1. The molecule has 1 spiro atoms. The number of hydrogen-bond acceptors (Lipinski definition) is 5. The average molecular weight is 524 g/mol. The van der Waals surface area contributed by atoms with Gasteiger partial charge in [0.25, 0.3) is 0 Å². The number of fused-ring (bicyclic) bond motifs is 1.